The Labute approximate surface area is 170 Å². The fraction of sp³-hybridized carbons (Fsp3) is 0.500. The number of amides is 1. The number of halogens is 3. The number of carbonyl (C=O) groups excluding carboxylic acids is 1. The lowest BCUT2D eigenvalue weighted by Gasteiger charge is -2.33. The Morgan fingerprint density at radius 1 is 1.27 bits per heavy atom. The van der Waals surface area contributed by atoms with Crippen LogP contribution in [-0.2, 0) is 22.6 Å². The second kappa shape index (κ2) is 10.1. The molecule has 3 heterocycles. The van der Waals surface area contributed by atoms with Crippen molar-refractivity contribution in [2.24, 2.45) is 0 Å². The molecule has 1 aliphatic heterocycles. The van der Waals surface area contributed by atoms with E-state index in [1.165, 1.54) is 18.1 Å². The maximum Gasteiger partial charge on any atom is 0.490 e. The summed E-state index contributed by atoms with van der Waals surface area (Å²) in [7, 11) is 0. The molecule has 0 saturated heterocycles. The number of alkyl halides is 3. The first-order valence-corrected chi connectivity index (χ1v) is 9.17. The highest BCUT2D eigenvalue weighted by Crippen LogP contribution is 2.29. The van der Waals surface area contributed by atoms with E-state index in [0.29, 0.717) is 31.9 Å². The molecule has 0 fully saturated rings. The van der Waals surface area contributed by atoms with Crippen molar-refractivity contribution in [1.82, 2.24) is 24.9 Å². The molecular formula is C18H22F3N5O4. The molecule has 2 aromatic heterocycles. The van der Waals surface area contributed by atoms with E-state index in [1.807, 2.05) is 22.7 Å². The molecule has 30 heavy (non-hydrogen) atoms. The minimum Gasteiger partial charge on any atom is -0.475 e. The number of rotatable bonds is 5. The lowest BCUT2D eigenvalue weighted by atomic mass is 9.96. The highest BCUT2D eigenvalue weighted by molar-refractivity contribution is 5.94. The summed E-state index contributed by atoms with van der Waals surface area (Å²) < 4.78 is 39.4. The molecule has 0 bridgehead atoms. The number of carboxylic acids is 1. The van der Waals surface area contributed by atoms with Crippen LogP contribution in [0.25, 0.3) is 0 Å². The molecular weight excluding hydrogens is 407 g/mol. The third-order valence-electron chi connectivity index (χ3n) is 4.33. The minimum absolute atomic E-state index is 0.0312. The largest absolute Gasteiger partial charge is 0.490 e. The Morgan fingerprint density at radius 2 is 1.97 bits per heavy atom. The molecule has 1 N–H and O–H groups in total. The average molecular weight is 429 g/mol. The summed E-state index contributed by atoms with van der Waals surface area (Å²) in [6.07, 6.45) is -0.178. The second-order valence-electron chi connectivity index (χ2n) is 6.35. The van der Waals surface area contributed by atoms with Crippen molar-refractivity contribution in [2.75, 3.05) is 19.8 Å². The zero-order valence-electron chi connectivity index (χ0n) is 16.5. The van der Waals surface area contributed by atoms with Gasteiger partial charge in [0.1, 0.15) is 0 Å². The highest BCUT2D eigenvalue weighted by Gasteiger charge is 2.38. The SMILES string of the molecule is CCOCC1CN(C(=O)c2ccnnc2)Cc2cnn(CC)c21.O=C(O)C(F)(F)F. The molecule has 1 amide bonds. The third-order valence-corrected chi connectivity index (χ3v) is 4.33. The van der Waals surface area contributed by atoms with E-state index in [0.717, 1.165) is 12.1 Å². The van der Waals surface area contributed by atoms with Gasteiger partial charge < -0.3 is 14.7 Å². The van der Waals surface area contributed by atoms with Crippen LogP contribution in [0.3, 0.4) is 0 Å². The van der Waals surface area contributed by atoms with Crippen LogP contribution >= 0.6 is 0 Å². The van der Waals surface area contributed by atoms with Crippen molar-refractivity contribution in [1.29, 1.82) is 0 Å². The first-order chi connectivity index (χ1) is 14.2. The van der Waals surface area contributed by atoms with Crippen molar-refractivity contribution in [3.63, 3.8) is 0 Å². The average Bonchev–Trinajstić information content (AvgIpc) is 3.15. The van der Waals surface area contributed by atoms with E-state index in [4.69, 9.17) is 14.6 Å². The van der Waals surface area contributed by atoms with Gasteiger partial charge in [0.05, 0.1) is 36.5 Å². The van der Waals surface area contributed by atoms with Crippen molar-refractivity contribution in [3.05, 3.63) is 41.5 Å². The Hall–Kier alpha value is -3.02. The van der Waals surface area contributed by atoms with Crippen LogP contribution < -0.4 is 0 Å². The van der Waals surface area contributed by atoms with Crippen LogP contribution in [0.1, 0.15) is 41.4 Å². The monoisotopic (exact) mass is 429 g/mol. The van der Waals surface area contributed by atoms with Gasteiger partial charge in [-0.25, -0.2) is 4.79 Å². The zero-order valence-corrected chi connectivity index (χ0v) is 16.5. The van der Waals surface area contributed by atoms with Gasteiger partial charge in [0.2, 0.25) is 0 Å². The highest BCUT2D eigenvalue weighted by atomic mass is 19.4. The summed E-state index contributed by atoms with van der Waals surface area (Å²) in [5.41, 5.74) is 2.84. The minimum atomic E-state index is -5.08. The molecule has 9 nitrogen and oxygen atoms in total. The predicted molar refractivity (Wildman–Crippen MR) is 97.6 cm³/mol. The van der Waals surface area contributed by atoms with Crippen LogP contribution in [-0.4, -0.2) is 67.8 Å². The predicted octanol–water partition coefficient (Wildman–Crippen LogP) is 2.10. The van der Waals surface area contributed by atoms with Crippen LogP contribution in [0.4, 0.5) is 13.2 Å². The summed E-state index contributed by atoms with van der Waals surface area (Å²) in [5, 5.41) is 19.1. The molecule has 2 aromatic rings. The van der Waals surface area contributed by atoms with Crippen molar-refractivity contribution in [3.8, 4) is 0 Å². The van der Waals surface area contributed by atoms with Gasteiger partial charge in [-0.15, -0.1) is 0 Å². The fourth-order valence-electron chi connectivity index (χ4n) is 3.05. The molecule has 12 heteroatoms. The maximum atomic E-state index is 12.7. The smallest absolute Gasteiger partial charge is 0.475 e. The molecule has 1 atom stereocenters. The summed E-state index contributed by atoms with van der Waals surface area (Å²) in [5.74, 6) is -2.65. The number of aromatic nitrogens is 4. The van der Waals surface area contributed by atoms with Crippen LogP contribution in [0.5, 0.6) is 0 Å². The van der Waals surface area contributed by atoms with E-state index in [1.54, 1.807) is 6.07 Å². The molecule has 3 rings (SSSR count). The number of hydrogen-bond donors (Lipinski definition) is 1. The Balaban J connectivity index is 0.000000396. The van der Waals surface area contributed by atoms with Crippen LogP contribution in [0, 0.1) is 0 Å². The number of ether oxygens (including phenoxy) is 1. The van der Waals surface area contributed by atoms with Gasteiger partial charge in [-0.3, -0.25) is 9.48 Å². The number of nitrogens with zero attached hydrogens (tertiary/aromatic N) is 5. The number of aliphatic carboxylic acids is 1. The topological polar surface area (TPSA) is 110 Å². The Kier molecular flexibility index (Phi) is 7.86. The number of aryl methyl sites for hydroxylation is 1. The normalized spacial score (nSPS) is 15.8. The lowest BCUT2D eigenvalue weighted by molar-refractivity contribution is -0.192. The summed E-state index contributed by atoms with van der Waals surface area (Å²) in [4.78, 5) is 23.4. The van der Waals surface area contributed by atoms with E-state index in [2.05, 4.69) is 22.2 Å². The molecule has 0 radical (unpaired) electrons. The molecule has 164 valence electrons. The number of fused-ring (bicyclic) bond motifs is 1. The molecule has 0 aliphatic carbocycles. The standard InChI is InChI=1S/C16H21N5O2.C2HF3O2/c1-3-21-15-13(8-19-21)9-20(10-14(15)11-23-4-2)16(22)12-5-6-17-18-7-12;3-2(4,5)1(6)7/h5-8,14H,3-4,9-11H2,1-2H3;(H,6,7). The van der Waals surface area contributed by atoms with E-state index in [9.17, 15) is 18.0 Å². The van der Waals surface area contributed by atoms with E-state index < -0.39 is 12.1 Å². The van der Waals surface area contributed by atoms with Gasteiger partial charge in [-0.05, 0) is 19.9 Å². The first-order valence-electron chi connectivity index (χ1n) is 9.17. The van der Waals surface area contributed by atoms with Crippen molar-refractivity contribution < 1.29 is 32.6 Å². The third kappa shape index (κ3) is 5.75. The van der Waals surface area contributed by atoms with Crippen LogP contribution in [0.15, 0.2) is 24.7 Å². The van der Waals surface area contributed by atoms with Gasteiger partial charge in [-0.1, -0.05) is 0 Å². The molecule has 0 saturated carbocycles. The summed E-state index contributed by atoms with van der Waals surface area (Å²) >= 11 is 0. The summed E-state index contributed by atoms with van der Waals surface area (Å²) in [6.45, 7) is 7.32. The maximum absolute atomic E-state index is 12.7. The fourth-order valence-corrected chi connectivity index (χ4v) is 3.05. The molecule has 1 aliphatic rings. The first kappa shape index (κ1) is 23.3. The molecule has 0 spiro atoms. The van der Waals surface area contributed by atoms with E-state index in [-0.39, 0.29) is 11.8 Å². The van der Waals surface area contributed by atoms with Crippen molar-refractivity contribution in [2.45, 2.75) is 39.0 Å². The van der Waals surface area contributed by atoms with Crippen LogP contribution in [0.2, 0.25) is 0 Å². The zero-order chi connectivity index (χ0) is 22.3. The second-order valence-corrected chi connectivity index (χ2v) is 6.35. The lowest BCUT2D eigenvalue weighted by Crippen LogP contribution is -2.40. The van der Waals surface area contributed by atoms with E-state index >= 15 is 0 Å². The molecule has 0 aromatic carbocycles. The quantitative estimate of drug-likeness (QED) is 0.775. The van der Waals surface area contributed by atoms with Gasteiger partial charge in [0.25, 0.3) is 5.91 Å². The molecule has 1 unspecified atom stereocenters. The van der Waals surface area contributed by atoms with Gasteiger partial charge in [-0.2, -0.15) is 28.5 Å². The summed E-state index contributed by atoms with van der Waals surface area (Å²) in [6, 6.07) is 1.69. The van der Waals surface area contributed by atoms with Gasteiger partial charge >= 0.3 is 12.1 Å². The number of hydrogen-bond acceptors (Lipinski definition) is 6. The number of carbonyl (C=O) groups is 2. The number of carboxylic acid groups (broad SMARTS) is 1. The Bertz CT molecular complexity index is 857. The van der Waals surface area contributed by atoms with Gasteiger partial charge in [0.15, 0.2) is 0 Å². The van der Waals surface area contributed by atoms with Gasteiger partial charge in [0, 0.05) is 37.7 Å². The van der Waals surface area contributed by atoms with Crippen molar-refractivity contribution >= 4 is 11.9 Å². The Morgan fingerprint density at radius 3 is 2.50 bits per heavy atom.